The van der Waals surface area contributed by atoms with Gasteiger partial charge in [0.05, 0.1) is 17.8 Å². The fourth-order valence-corrected chi connectivity index (χ4v) is 2.90. The van der Waals surface area contributed by atoms with E-state index < -0.39 is 0 Å². The van der Waals surface area contributed by atoms with Crippen molar-refractivity contribution in [3.05, 3.63) is 0 Å². The van der Waals surface area contributed by atoms with Gasteiger partial charge < -0.3 is 15.2 Å². The van der Waals surface area contributed by atoms with Gasteiger partial charge in [0.1, 0.15) is 0 Å². The molecule has 0 heterocycles. The van der Waals surface area contributed by atoms with Gasteiger partial charge in [0.2, 0.25) is 0 Å². The monoisotopic (exact) mass is 241 g/mol. The SMILES string of the molecule is CC(C)(C)OC1CC(NCC2CCCC2O)C1. The van der Waals surface area contributed by atoms with Crippen LogP contribution in [-0.2, 0) is 4.74 Å². The highest BCUT2D eigenvalue weighted by atomic mass is 16.5. The molecular weight excluding hydrogens is 214 g/mol. The van der Waals surface area contributed by atoms with Gasteiger partial charge in [0, 0.05) is 12.6 Å². The number of aliphatic hydroxyl groups is 1. The van der Waals surface area contributed by atoms with E-state index in [2.05, 4.69) is 26.1 Å². The maximum atomic E-state index is 9.73. The number of aliphatic hydroxyl groups excluding tert-OH is 1. The molecule has 2 aliphatic rings. The van der Waals surface area contributed by atoms with Crippen molar-refractivity contribution in [2.75, 3.05) is 6.54 Å². The van der Waals surface area contributed by atoms with E-state index >= 15 is 0 Å². The molecule has 2 unspecified atom stereocenters. The summed E-state index contributed by atoms with van der Waals surface area (Å²) in [6.45, 7) is 7.32. The van der Waals surface area contributed by atoms with Crippen molar-refractivity contribution in [1.29, 1.82) is 0 Å². The van der Waals surface area contributed by atoms with Gasteiger partial charge in [0.25, 0.3) is 0 Å². The van der Waals surface area contributed by atoms with E-state index in [0.29, 0.717) is 18.1 Å². The average Bonchev–Trinajstić information content (AvgIpc) is 2.53. The van der Waals surface area contributed by atoms with E-state index in [1.807, 2.05) is 0 Å². The number of nitrogens with one attached hydrogen (secondary N) is 1. The van der Waals surface area contributed by atoms with E-state index in [0.717, 1.165) is 25.8 Å². The first-order valence-corrected chi connectivity index (χ1v) is 7.03. The number of rotatable bonds is 4. The van der Waals surface area contributed by atoms with Crippen LogP contribution in [0.25, 0.3) is 0 Å². The van der Waals surface area contributed by atoms with Crippen LogP contribution in [0.5, 0.6) is 0 Å². The third-order valence-corrected chi connectivity index (χ3v) is 3.90. The maximum Gasteiger partial charge on any atom is 0.0612 e. The van der Waals surface area contributed by atoms with Gasteiger partial charge in [-0.2, -0.15) is 0 Å². The highest BCUT2D eigenvalue weighted by molar-refractivity contribution is 4.89. The molecule has 0 amide bonds. The van der Waals surface area contributed by atoms with Crippen LogP contribution < -0.4 is 5.32 Å². The van der Waals surface area contributed by atoms with Crippen molar-refractivity contribution in [2.24, 2.45) is 5.92 Å². The predicted octanol–water partition coefficient (Wildman–Crippen LogP) is 2.08. The third-order valence-electron chi connectivity index (χ3n) is 3.90. The Kier molecular flexibility index (Phi) is 4.11. The number of hydrogen-bond donors (Lipinski definition) is 2. The van der Waals surface area contributed by atoms with Gasteiger partial charge >= 0.3 is 0 Å². The second kappa shape index (κ2) is 5.25. The van der Waals surface area contributed by atoms with Gasteiger partial charge in [-0.1, -0.05) is 6.42 Å². The maximum absolute atomic E-state index is 9.73. The summed E-state index contributed by atoms with van der Waals surface area (Å²) in [7, 11) is 0. The van der Waals surface area contributed by atoms with Gasteiger partial charge in [0.15, 0.2) is 0 Å². The minimum atomic E-state index is -0.0656. The quantitative estimate of drug-likeness (QED) is 0.792. The van der Waals surface area contributed by atoms with Crippen LogP contribution in [0.1, 0.15) is 52.9 Å². The van der Waals surface area contributed by atoms with Crippen molar-refractivity contribution < 1.29 is 9.84 Å². The minimum Gasteiger partial charge on any atom is -0.393 e. The molecule has 3 heteroatoms. The molecule has 2 fully saturated rings. The molecule has 2 rings (SSSR count). The van der Waals surface area contributed by atoms with Gasteiger partial charge in [-0.05, 0) is 52.4 Å². The summed E-state index contributed by atoms with van der Waals surface area (Å²) < 4.78 is 5.91. The highest BCUT2D eigenvalue weighted by Gasteiger charge is 2.34. The molecule has 100 valence electrons. The van der Waals surface area contributed by atoms with E-state index in [9.17, 15) is 5.11 Å². The van der Waals surface area contributed by atoms with Crippen LogP contribution in [0.2, 0.25) is 0 Å². The predicted molar refractivity (Wildman–Crippen MR) is 69.0 cm³/mol. The highest BCUT2D eigenvalue weighted by Crippen LogP contribution is 2.29. The first-order valence-electron chi connectivity index (χ1n) is 7.03. The van der Waals surface area contributed by atoms with Crippen LogP contribution in [0.4, 0.5) is 0 Å². The fourth-order valence-electron chi connectivity index (χ4n) is 2.90. The summed E-state index contributed by atoms with van der Waals surface area (Å²) in [5.74, 6) is 0.484. The number of hydrogen-bond acceptors (Lipinski definition) is 3. The lowest BCUT2D eigenvalue weighted by molar-refractivity contribution is -0.103. The van der Waals surface area contributed by atoms with Crippen molar-refractivity contribution in [3.63, 3.8) is 0 Å². The zero-order valence-electron chi connectivity index (χ0n) is 11.4. The lowest BCUT2D eigenvalue weighted by Gasteiger charge is -2.40. The first-order chi connectivity index (χ1) is 7.94. The van der Waals surface area contributed by atoms with Crippen LogP contribution in [0.15, 0.2) is 0 Å². The molecule has 17 heavy (non-hydrogen) atoms. The Bertz CT molecular complexity index is 243. The molecule has 0 aliphatic heterocycles. The van der Waals surface area contributed by atoms with E-state index in [1.165, 1.54) is 12.8 Å². The Morgan fingerprint density at radius 3 is 2.47 bits per heavy atom. The van der Waals surface area contributed by atoms with Crippen LogP contribution >= 0.6 is 0 Å². The summed E-state index contributed by atoms with van der Waals surface area (Å²) in [5.41, 5.74) is -0.0166. The largest absolute Gasteiger partial charge is 0.393 e. The van der Waals surface area contributed by atoms with Crippen molar-refractivity contribution >= 4 is 0 Å². The lowest BCUT2D eigenvalue weighted by Crippen LogP contribution is -2.49. The topological polar surface area (TPSA) is 41.5 Å². The second-order valence-corrected chi connectivity index (χ2v) is 6.69. The summed E-state index contributed by atoms with van der Waals surface area (Å²) >= 11 is 0. The Hall–Kier alpha value is -0.120. The second-order valence-electron chi connectivity index (χ2n) is 6.69. The van der Waals surface area contributed by atoms with E-state index in [4.69, 9.17) is 4.74 Å². The standard InChI is InChI=1S/C14H27NO2/c1-14(2,3)17-12-7-11(8-12)15-9-10-5-4-6-13(10)16/h10-13,15-16H,4-9H2,1-3H3. The van der Waals surface area contributed by atoms with E-state index in [-0.39, 0.29) is 11.7 Å². The Balaban J connectivity index is 1.58. The molecule has 0 aromatic carbocycles. The minimum absolute atomic E-state index is 0.0166. The molecule has 0 radical (unpaired) electrons. The average molecular weight is 241 g/mol. The van der Waals surface area contributed by atoms with E-state index in [1.54, 1.807) is 0 Å². The molecule has 0 aromatic heterocycles. The molecule has 0 bridgehead atoms. The number of ether oxygens (including phenoxy) is 1. The lowest BCUT2D eigenvalue weighted by atomic mass is 9.88. The van der Waals surface area contributed by atoms with Crippen molar-refractivity contribution in [3.8, 4) is 0 Å². The fraction of sp³-hybridized carbons (Fsp3) is 1.00. The molecule has 3 nitrogen and oxygen atoms in total. The van der Waals surface area contributed by atoms with Gasteiger partial charge in [-0.15, -0.1) is 0 Å². The zero-order valence-corrected chi connectivity index (χ0v) is 11.4. The Morgan fingerprint density at radius 1 is 1.24 bits per heavy atom. The molecule has 2 aliphatic carbocycles. The molecule has 2 atom stereocenters. The molecule has 2 N–H and O–H groups in total. The Morgan fingerprint density at radius 2 is 1.94 bits per heavy atom. The van der Waals surface area contributed by atoms with Crippen LogP contribution in [0, 0.1) is 5.92 Å². The smallest absolute Gasteiger partial charge is 0.0612 e. The summed E-state index contributed by atoms with van der Waals surface area (Å²) in [5, 5.41) is 13.3. The molecule has 0 aromatic rings. The van der Waals surface area contributed by atoms with Crippen LogP contribution in [0.3, 0.4) is 0 Å². The first kappa shape index (κ1) is 13.3. The summed E-state index contributed by atoms with van der Waals surface area (Å²) in [6.07, 6.45) is 5.98. The van der Waals surface area contributed by atoms with Gasteiger partial charge in [-0.3, -0.25) is 0 Å². The summed E-state index contributed by atoms with van der Waals surface area (Å²) in [4.78, 5) is 0. The van der Waals surface area contributed by atoms with Crippen LogP contribution in [-0.4, -0.2) is 35.5 Å². The van der Waals surface area contributed by atoms with Gasteiger partial charge in [-0.25, -0.2) is 0 Å². The normalized spacial score (nSPS) is 38.1. The molecule has 2 saturated carbocycles. The van der Waals surface area contributed by atoms with Crippen molar-refractivity contribution in [1.82, 2.24) is 5.32 Å². The third kappa shape index (κ3) is 3.94. The molecular formula is C14H27NO2. The zero-order chi connectivity index (χ0) is 12.5. The van der Waals surface area contributed by atoms with Crippen molar-refractivity contribution in [2.45, 2.75) is 76.7 Å². The Labute approximate surface area is 105 Å². The summed E-state index contributed by atoms with van der Waals surface area (Å²) in [6, 6.07) is 0.607. The molecule has 0 saturated heterocycles. The molecule has 0 spiro atoms.